The average Bonchev–Trinajstić information content (AvgIpc) is 2.53. The first-order valence-corrected chi connectivity index (χ1v) is 9.03. The van der Waals surface area contributed by atoms with Gasteiger partial charge in [0.15, 0.2) is 0 Å². The van der Waals surface area contributed by atoms with Crippen molar-refractivity contribution in [2.45, 2.75) is 43.9 Å². The van der Waals surface area contributed by atoms with E-state index in [1.54, 1.807) is 7.05 Å². The molecule has 1 saturated carbocycles. The molecule has 2 N–H and O–H groups in total. The van der Waals surface area contributed by atoms with E-state index in [1.807, 2.05) is 0 Å². The number of hydrogen-bond acceptors (Lipinski definition) is 5. The normalized spacial score (nSPS) is 23.0. The van der Waals surface area contributed by atoms with E-state index in [0.717, 1.165) is 18.8 Å². The Morgan fingerprint density at radius 3 is 2.24 bits per heavy atom. The van der Waals surface area contributed by atoms with Gasteiger partial charge < -0.3 is 5.32 Å². The highest BCUT2D eigenvalue weighted by Crippen LogP contribution is 2.30. The van der Waals surface area contributed by atoms with Gasteiger partial charge in [-0.3, -0.25) is 0 Å². The van der Waals surface area contributed by atoms with Crippen LogP contribution in [0.3, 0.4) is 0 Å². The third kappa shape index (κ3) is 4.38. The van der Waals surface area contributed by atoms with Crippen LogP contribution in [-0.4, -0.2) is 32.0 Å². The molecule has 21 heavy (non-hydrogen) atoms. The van der Waals surface area contributed by atoms with Crippen molar-refractivity contribution in [2.75, 3.05) is 18.9 Å². The number of hydrogen-bond donors (Lipinski definition) is 2. The molecule has 2 rings (SSSR count). The lowest BCUT2D eigenvalue weighted by Gasteiger charge is -2.27. The van der Waals surface area contributed by atoms with Crippen LogP contribution in [0.2, 0.25) is 0 Å². The van der Waals surface area contributed by atoms with Gasteiger partial charge in [-0.2, -0.15) is 0 Å². The molecule has 0 atom stereocenters. The summed E-state index contributed by atoms with van der Waals surface area (Å²) in [5.41, 5.74) is 0. The van der Waals surface area contributed by atoms with Crippen molar-refractivity contribution in [1.29, 1.82) is 0 Å². The second-order valence-corrected chi connectivity index (χ2v) is 7.41. The van der Waals surface area contributed by atoms with E-state index in [9.17, 15) is 8.42 Å². The minimum Gasteiger partial charge on any atom is -0.357 e. The first kappa shape index (κ1) is 16.2. The molecule has 0 bridgehead atoms. The van der Waals surface area contributed by atoms with Crippen molar-refractivity contribution < 1.29 is 8.42 Å². The fourth-order valence-corrected chi connectivity index (χ4v) is 3.74. The Morgan fingerprint density at radius 1 is 1.14 bits per heavy atom. The summed E-state index contributed by atoms with van der Waals surface area (Å²) in [4.78, 5) is 7.99. The van der Waals surface area contributed by atoms with Gasteiger partial charge in [0.1, 0.15) is 4.90 Å². The van der Waals surface area contributed by atoms with Gasteiger partial charge in [-0.25, -0.2) is 23.1 Å². The fourth-order valence-electron chi connectivity index (χ4n) is 2.74. The summed E-state index contributed by atoms with van der Waals surface area (Å²) in [5, 5.41) is 2.76. The van der Waals surface area contributed by atoms with Gasteiger partial charge in [0, 0.05) is 13.6 Å². The summed E-state index contributed by atoms with van der Waals surface area (Å²) in [6.45, 7) is 2.73. The highest BCUT2D eigenvalue weighted by Gasteiger charge is 2.22. The Labute approximate surface area is 126 Å². The van der Waals surface area contributed by atoms with Crippen LogP contribution in [-0.2, 0) is 10.0 Å². The lowest BCUT2D eigenvalue weighted by molar-refractivity contribution is 0.270. The van der Waals surface area contributed by atoms with Crippen molar-refractivity contribution in [3.63, 3.8) is 0 Å². The highest BCUT2D eigenvalue weighted by atomic mass is 32.2. The zero-order valence-corrected chi connectivity index (χ0v) is 13.5. The number of sulfonamides is 1. The Bertz CT molecular complexity index is 537. The first-order chi connectivity index (χ1) is 10.0. The molecule has 6 nitrogen and oxygen atoms in total. The molecule has 1 aromatic heterocycles. The minimum absolute atomic E-state index is 0.115. The van der Waals surface area contributed by atoms with Gasteiger partial charge in [-0.1, -0.05) is 26.2 Å². The maximum atomic E-state index is 12.2. The monoisotopic (exact) mass is 312 g/mol. The molecule has 118 valence electrons. The molecular weight excluding hydrogens is 288 g/mol. The summed E-state index contributed by atoms with van der Waals surface area (Å²) in [6.07, 6.45) is 8.52. The van der Waals surface area contributed by atoms with Crippen LogP contribution in [0.5, 0.6) is 0 Å². The maximum Gasteiger partial charge on any atom is 0.243 e. The molecule has 0 spiro atoms. The Balaban J connectivity index is 1.89. The van der Waals surface area contributed by atoms with Gasteiger partial charge >= 0.3 is 0 Å². The van der Waals surface area contributed by atoms with Crippen LogP contribution in [0.4, 0.5) is 5.95 Å². The minimum atomic E-state index is -3.51. The molecule has 1 aliphatic rings. The van der Waals surface area contributed by atoms with Gasteiger partial charge in [0.05, 0.1) is 12.4 Å². The maximum absolute atomic E-state index is 12.2. The summed E-state index contributed by atoms with van der Waals surface area (Å²) in [5.74, 6) is 1.67. The molecule has 1 aromatic rings. The number of rotatable bonds is 6. The average molecular weight is 312 g/mol. The van der Waals surface area contributed by atoms with E-state index in [1.165, 1.54) is 31.7 Å². The predicted molar refractivity (Wildman–Crippen MR) is 82.5 cm³/mol. The van der Waals surface area contributed by atoms with E-state index < -0.39 is 10.0 Å². The summed E-state index contributed by atoms with van der Waals surface area (Å²) >= 11 is 0. The molecular formula is C14H24N4O2S. The zero-order valence-electron chi connectivity index (χ0n) is 12.7. The van der Waals surface area contributed by atoms with Crippen LogP contribution in [0.15, 0.2) is 17.3 Å². The van der Waals surface area contributed by atoms with Crippen LogP contribution in [0.1, 0.15) is 39.0 Å². The molecule has 0 radical (unpaired) electrons. The van der Waals surface area contributed by atoms with E-state index in [-0.39, 0.29) is 4.90 Å². The van der Waals surface area contributed by atoms with Crippen LogP contribution in [0.25, 0.3) is 0 Å². The third-order valence-electron chi connectivity index (χ3n) is 4.27. The smallest absolute Gasteiger partial charge is 0.243 e. The molecule has 0 aromatic carbocycles. The molecule has 1 heterocycles. The van der Waals surface area contributed by atoms with Gasteiger partial charge in [0.2, 0.25) is 16.0 Å². The highest BCUT2D eigenvalue weighted by molar-refractivity contribution is 7.89. The first-order valence-electron chi connectivity index (χ1n) is 7.54. The standard InChI is InChI=1S/C14H24N4O2S/c1-3-11-4-6-12(7-5-11)8-18-21(19,20)13-9-16-14(15-2)17-10-13/h9-12,18H,3-8H2,1-2H3,(H,15,16,17). The van der Waals surface area contributed by atoms with Crippen molar-refractivity contribution in [3.05, 3.63) is 12.4 Å². The lowest BCUT2D eigenvalue weighted by Crippen LogP contribution is -2.31. The lowest BCUT2D eigenvalue weighted by atomic mass is 9.81. The van der Waals surface area contributed by atoms with Crippen molar-refractivity contribution in [2.24, 2.45) is 11.8 Å². The van der Waals surface area contributed by atoms with Crippen LogP contribution < -0.4 is 10.0 Å². The zero-order chi connectivity index (χ0) is 15.3. The largest absolute Gasteiger partial charge is 0.357 e. The fraction of sp³-hybridized carbons (Fsp3) is 0.714. The number of nitrogens with zero attached hydrogens (tertiary/aromatic N) is 2. The van der Waals surface area contributed by atoms with Gasteiger partial charge in [-0.15, -0.1) is 0 Å². The SMILES string of the molecule is CCC1CCC(CNS(=O)(=O)c2cnc(NC)nc2)CC1. The third-order valence-corrected chi connectivity index (χ3v) is 5.65. The molecule has 1 fully saturated rings. The van der Waals surface area contributed by atoms with E-state index >= 15 is 0 Å². The molecule has 0 amide bonds. The van der Waals surface area contributed by atoms with Crippen molar-refractivity contribution in [3.8, 4) is 0 Å². The van der Waals surface area contributed by atoms with Crippen molar-refractivity contribution >= 4 is 16.0 Å². The van der Waals surface area contributed by atoms with Gasteiger partial charge in [0.25, 0.3) is 0 Å². The number of aromatic nitrogens is 2. The van der Waals surface area contributed by atoms with Crippen molar-refractivity contribution in [1.82, 2.24) is 14.7 Å². The topological polar surface area (TPSA) is 84.0 Å². The number of anilines is 1. The van der Waals surface area contributed by atoms with Gasteiger partial charge in [-0.05, 0) is 24.7 Å². The summed E-state index contributed by atoms with van der Waals surface area (Å²) in [6, 6.07) is 0. The Hall–Kier alpha value is -1.21. The summed E-state index contributed by atoms with van der Waals surface area (Å²) < 4.78 is 27.1. The molecule has 0 saturated heterocycles. The Kier molecular flexibility index (Phi) is 5.52. The van der Waals surface area contributed by atoms with Crippen LogP contribution in [0, 0.1) is 11.8 Å². The second-order valence-electron chi connectivity index (χ2n) is 5.64. The summed E-state index contributed by atoms with van der Waals surface area (Å²) in [7, 11) is -1.82. The van der Waals surface area contributed by atoms with E-state index in [0.29, 0.717) is 18.4 Å². The van der Waals surface area contributed by atoms with E-state index in [2.05, 4.69) is 26.9 Å². The Morgan fingerprint density at radius 2 is 1.71 bits per heavy atom. The second kappa shape index (κ2) is 7.17. The number of nitrogens with one attached hydrogen (secondary N) is 2. The molecule has 0 aliphatic heterocycles. The quantitative estimate of drug-likeness (QED) is 0.839. The molecule has 0 unspecified atom stereocenters. The molecule has 7 heteroatoms. The van der Waals surface area contributed by atoms with Crippen LogP contribution >= 0.6 is 0 Å². The predicted octanol–water partition coefficient (Wildman–Crippen LogP) is 2.01. The molecule has 1 aliphatic carbocycles. The van der Waals surface area contributed by atoms with E-state index in [4.69, 9.17) is 0 Å².